The molecule has 5 nitrogen and oxygen atoms in total. The molecular formula is C15H15NO4. The van der Waals surface area contributed by atoms with E-state index in [1.165, 1.54) is 0 Å². The Morgan fingerprint density at radius 3 is 3.05 bits per heavy atom. The van der Waals surface area contributed by atoms with Crippen molar-refractivity contribution in [1.82, 2.24) is 5.16 Å². The van der Waals surface area contributed by atoms with Gasteiger partial charge in [-0.3, -0.25) is 0 Å². The predicted molar refractivity (Wildman–Crippen MR) is 74.0 cm³/mol. The number of aliphatic hydroxyl groups excluding tert-OH is 1. The molecule has 1 aromatic carbocycles. The van der Waals surface area contributed by atoms with Gasteiger partial charge >= 0.3 is 5.97 Å². The van der Waals surface area contributed by atoms with Crippen molar-refractivity contribution in [2.45, 2.75) is 6.92 Å². The topological polar surface area (TPSA) is 72.6 Å². The van der Waals surface area contributed by atoms with Gasteiger partial charge in [-0.05, 0) is 18.6 Å². The molecule has 0 fully saturated rings. The summed E-state index contributed by atoms with van der Waals surface area (Å²) in [6, 6.07) is 9.04. The highest BCUT2D eigenvalue weighted by molar-refractivity contribution is 5.88. The van der Waals surface area contributed by atoms with Crippen molar-refractivity contribution in [1.29, 1.82) is 0 Å². The number of carbonyl (C=O) groups excluding carboxylic acids is 1. The Kier molecular flexibility index (Phi) is 4.68. The number of rotatable bonds is 5. The summed E-state index contributed by atoms with van der Waals surface area (Å²) in [7, 11) is 0. The van der Waals surface area contributed by atoms with Gasteiger partial charge in [0.1, 0.15) is 0 Å². The smallest absolute Gasteiger partial charge is 0.360 e. The van der Waals surface area contributed by atoms with E-state index in [9.17, 15) is 4.79 Å². The van der Waals surface area contributed by atoms with E-state index in [0.29, 0.717) is 12.4 Å². The quantitative estimate of drug-likeness (QED) is 0.847. The molecule has 0 amide bonds. The summed E-state index contributed by atoms with van der Waals surface area (Å²) in [5.41, 5.74) is 1.87. The highest BCUT2D eigenvalue weighted by Gasteiger charge is 2.14. The van der Waals surface area contributed by atoms with Crippen LogP contribution < -0.4 is 0 Å². The number of esters is 1. The fourth-order valence-corrected chi connectivity index (χ4v) is 1.70. The third-order valence-electron chi connectivity index (χ3n) is 2.58. The zero-order valence-corrected chi connectivity index (χ0v) is 11.1. The average Bonchev–Trinajstić information content (AvgIpc) is 2.95. The molecule has 0 radical (unpaired) electrons. The summed E-state index contributed by atoms with van der Waals surface area (Å²) in [5.74, 6) is -0.00821. The van der Waals surface area contributed by atoms with E-state index in [4.69, 9.17) is 14.4 Å². The summed E-state index contributed by atoms with van der Waals surface area (Å²) in [4.78, 5) is 11.5. The van der Waals surface area contributed by atoms with Crippen molar-refractivity contribution in [3.05, 3.63) is 47.7 Å². The maximum atomic E-state index is 11.5. The lowest BCUT2D eigenvalue weighted by molar-refractivity contribution is 0.0514. The number of hydrogen-bond donors (Lipinski definition) is 1. The average molecular weight is 273 g/mol. The Morgan fingerprint density at radius 1 is 1.45 bits per heavy atom. The van der Waals surface area contributed by atoms with Crippen LogP contribution in [-0.4, -0.2) is 29.4 Å². The fourth-order valence-electron chi connectivity index (χ4n) is 1.70. The highest BCUT2D eigenvalue weighted by atomic mass is 16.5. The standard InChI is InChI=1S/C15H15NO4/c1-2-19-15(18)13-10-14(20-16-13)12-7-3-5-11(9-12)6-4-8-17/h3-7,9-10,17H,2,8H2,1H3. The molecule has 20 heavy (non-hydrogen) atoms. The fraction of sp³-hybridized carbons (Fsp3) is 0.200. The SMILES string of the molecule is CCOC(=O)c1cc(-c2cccc(C=CCO)c2)on1. The first-order valence-electron chi connectivity index (χ1n) is 6.26. The Morgan fingerprint density at radius 2 is 2.30 bits per heavy atom. The number of benzene rings is 1. The maximum Gasteiger partial charge on any atom is 0.360 e. The van der Waals surface area contributed by atoms with Gasteiger partial charge in [0, 0.05) is 11.6 Å². The molecule has 0 aliphatic carbocycles. The first-order chi connectivity index (χ1) is 9.74. The molecule has 104 valence electrons. The van der Waals surface area contributed by atoms with Gasteiger partial charge in [0.05, 0.1) is 13.2 Å². The molecule has 2 aromatic rings. The van der Waals surface area contributed by atoms with Crippen molar-refractivity contribution in [2.24, 2.45) is 0 Å². The minimum Gasteiger partial charge on any atom is -0.461 e. The summed E-state index contributed by atoms with van der Waals surface area (Å²) in [6.07, 6.45) is 3.44. The number of aromatic nitrogens is 1. The van der Waals surface area contributed by atoms with Gasteiger partial charge in [0.2, 0.25) is 0 Å². The second-order valence-corrected chi connectivity index (χ2v) is 4.01. The van der Waals surface area contributed by atoms with Gasteiger partial charge in [-0.1, -0.05) is 35.5 Å². The van der Waals surface area contributed by atoms with Crippen LogP contribution in [0.5, 0.6) is 0 Å². The number of ether oxygens (including phenoxy) is 1. The van der Waals surface area contributed by atoms with E-state index >= 15 is 0 Å². The molecular weight excluding hydrogens is 258 g/mol. The monoisotopic (exact) mass is 273 g/mol. The Labute approximate surface area is 116 Å². The van der Waals surface area contributed by atoms with Gasteiger partial charge in [-0.15, -0.1) is 0 Å². The van der Waals surface area contributed by atoms with E-state index < -0.39 is 5.97 Å². The van der Waals surface area contributed by atoms with Crippen LogP contribution in [0.1, 0.15) is 23.0 Å². The van der Waals surface area contributed by atoms with Crippen LogP contribution in [0.15, 0.2) is 40.9 Å². The number of aliphatic hydroxyl groups is 1. The van der Waals surface area contributed by atoms with E-state index in [1.54, 1.807) is 25.1 Å². The van der Waals surface area contributed by atoms with Crippen LogP contribution in [-0.2, 0) is 4.74 Å². The first kappa shape index (κ1) is 14.0. The minimum absolute atomic E-state index is 0.0143. The third-order valence-corrected chi connectivity index (χ3v) is 2.58. The number of nitrogens with zero attached hydrogens (tertiary/aromatic N) is 1. The molecule has 1 aromatic heterocycles. The van der Waals surface area contributed by atoms with Gasteiger partial charge in [-0.25, -0.2) is 4.79 Å². The largest absolute Gasteiger partial charge is 0.461 e. The van der Waals surface area contributed by atoms with Crippen molar-refractivity contribution in [3.63, 3.8) is 0 Å². The highest BCUT2D eigenvalue weighted by Crippen LogP contribution is 2.22. The van der Waals surface area contributed by atoms with Crippen LogP contribution in [0.3, 0.4) is 0 Å². The molecule has 0 saturated carbocycles. The van der Waals surface area contributed by atoms with Crippen LogP contribution in [0, 0.1) is 0 Å². The molecule has 0 aliphatic heterocycles. The lowest BCUT2D eigenvalue weighted by Gasteiger charge is -1.97. The van der Waals surface area contributed by atoms with Crippen LogP contribution >= 0.6 is 0 Å². The zero-order chi connectivity index (χ0) is 14.4. The van der Waals surface area contributed by atoms with Crippen LogP contribution in [0.2, 0.25) is 0 Å². The molecule has 0 unspecified atom stereocenters. The summed E-state index contributed by atoms with van der Waals surface area (Å²) in [5, 5.41) is 12.5. The van der Waals surface area contributed by atoms with E-state index in [2.05, 4.69) is 5.16 Å². The molecule has 1 heterocycles. The van der Waals surface area contributed by atoms with Crippen molar-refractivity contribution >= 4 is 12.0 Å². The molecule has 2 rings (SSSR count). The second kappa shape index (κ2) is 6.68. The number of hydrogen-bond acceptors (Lipinski definition) is 5. The molecule has 0 atom stereocenters. The normalized spacial score (nSPS) is 10.9. The maximum absolute atomic E-state index is 11.5. The molecule has 0 spiro atoms. The lowest BCUT2D eigenvalue weighted by atomic mass is 10.1. The van der Waals surface area contributed by atoms with Crippen molar-refractivity contribution in [3.8, 4) is 11.3 Å². The predicted octanol–water partition coefficient (Wildman–Crippen LogP) is 2.52. The van der Waals surface area contributed by atoms with E-state index in [1.807, 2.05) is 24.3 Å². The summed E-state index contributed by atoms with van der Waals surface area (Å²) in [6.45, 7) is 2.01. The lowest BCUT2D eigenvalue weighted by Crippen LogP contribution is -2.04. The first-order valence-corrected chi connectivity index (χ1v) is 6.26. The Hall–Kier alpha value is -2.40. The van der Waals surface area contributed by atoms with Crippen LogP contribution in [0.4, 0.5) is 0 Å². The Balaban J connectivity index is 2.23. The van der Waals surface area contributed by atoms with E-state index in [-0.39, 0.29) is 12.3 Å². The minimum atomic E-state index is -0.501. The van der Waals surface area contributed by atoms with Gasteiger partial charge < -0.3 is 14.4 Å². The van der Waals surface area contributed by atoms with Gasteiger partial charge in [0.15, 0.2) is 11.5 Å². The van der Waals surface area contributed by atoms with Crippen molar-refractivity contribution in [2.75, 3.05) is 13.2 Å². The van der Waals surface area contributed by atoms with Gasteiger partial charge in [-0.2, -0.15) is 0 Å². The molecule has 0 aliphatic rings. The molecule has 1 N–H and O–H groups in total. The molecule has 0 saturated heterocycles. The van der Waals surface area contributed by atoms with Crippen molar-refractivity contribution < 1.29 is 19.2 Å². The summed E-state index contributed by atoms with van der Waals surface area (Å²) >= 11 is 0. The Bertz CT molecular complexity index is 616. The summed E-state index contributed by atoms with van der Waals surface area (Å²) < 4.78 is 10.0. The second-order valence-electron chi connectivity index (χ2n) is 4.01. The molecule has 0 bridgehead atoms. The zero-order valence-electron chi connectivity index (χ0n) is 11.1. The molecule has 5 heteroatoms. The van der Waals surface area contributed by atoms with Gasteiger partial charge in [0.25, 0.3) is 0 Å². The third kappa shape index (κ3) is 3.33. The van der Waals surface area contributed by atoms with Crippen LogP contribution in [0.25, 0.3) is 17.4 Å². The number of carbonyl (C=O) groups is 1. The van der Waals surface area contributed by atoms with E-state index in [0.717, 1.165) is 11.1 Å².